The topological polar surface area (TPSA) is 39.2 Å². The highest BCUT2D eigenvalue weighted by atomic mass is 35.5. The van der Waals surface area contributed by atoms with Gasteiger partial charge in [0.05, 0.1) is 14.7 Å². The summed E-state index contributed by atoms with van der Waals surface area (Å²) in [6.45, 7) is 2.00. The van der Waals surface area contributed by atoms with Gasteiger partial charge in [-0.1, -0.05) is 41.4 Å². The minimum Gasteiger partial charge on any atom is -0.459 e. The van der Waals surface area contributed by atoms with Gasteiger partial charge in [-0.05, 0) is 19.1 Å². The Balaban J connectivity index is 2.14. The summed E-state index contributed by atoms with van der Waals surface area (Å²) in [5, 5.41) is 1.07. The standard InChI is InChI=1S/C14H11Cl2NOS/c1-7-8-4-2-3-5-10(8)18-13(7)12(17)9-6-11(15)19-14(9)16/h2-6,12H,17H2,1H3. The Morgan fingerprint density at radius 2 is 2.00 bits per heavy atom. The fourth-order valence-corrected chi connectivity index (χ4v) is 3.75. The second-order valence-electron chi connectivity index (χ2n) is 4.34. The number of furan rings is 1. The van der Waals surface area contributed by atoms with Crippen LogP contribution in [0.2, 0.25) is 8.67 Å². The van der Waals surface area contributed by atoms with Crippen molar-refractivity contribution in [3.63, 3.8) is 0 Å². The van der Waals surface area contributed by atoms with Crippen molar-refractivity contribution >= 4 is 45.5 Å². The Labute approximate surface area is 124 Å². The number of nitrogens with two attached hydrogens (primary N) is 1. The molecule has 2 heterocycles. The molecule has 0 saturated heterocycles. The maximum Gasteiger partial charge on any atom is 0.134 e. The monoisotopic (exact) mass is 311 g/mol. The number of fused-ring (bicyclic) bond motifs is 1. The largest absolute Gasteiger partial charge is 0.459 e. The maximum atomic E-state index is 6.26. The predicted molar refractivity (Wildman–Crippen MR) is 81.3 cm³/mol. The summed E-state index contributed by atoms with van der Waals surface area (Å²) in [5.74, 6) is 0.734. The molecule has 2 N–H and O–H groups in total. The van der Waals surface area contributed by atoms with Gasteiger partial charge in [-0.2, -0.15) is 0 Å². The summed E-state index contributed by atoms with van der Waals surface area (Å²) < 4.78 is 7.09. The lowest BCUT2D eigenvalue weighted by Crippen LogP contribution is -2.11. The summed E-state index contributed by atoms with van der Waals surface area (Å²) in [4.78, 5) is 0. The van der Waals surface area contributed by atoms with Crippen LogP contribution < -0.4 is 5.73 Å². The fourth-order valence-electron chi connectivity index (χ4n) is 2.20. The number of hydrogen-bond donors (Lipinski definition) is 1. The highest BCUT2D eigenvalue weighted by Crippen LogP contribution is 2.39. The molecular formula is C14H11Cl2NOS. The molecule has 0 aliphatic rings. The van der Waals surface area contributed by atoms with Crippen LogP contribution in [0.5, 0.6) is 0 Å². The number of rotatable bonds is 2. The van der Waals surface area contributed by atoms with Gasteiger partial charge in [-0.3, -0.25) is 0 Å². The number of halogens is 2. The average molecular weight is 312 g/mol. The van der Waals surface area contributed by atoms with Crippen molar-refractivity contribution in [2.24, 2.45) is 5.73 Å². The molecule has 0 aliphatic heterocycles. The molecule has 0 aliphatic carbocycles. The maximum absolute atomic E-state index is 6.26. The normalized spacial score (nSPS) is 13.1. The minimum absolute atomic E-state index is 0.399. The molecule has 0 fully saturated rings. The molecule has 0 radical (unpaired) electrons. The van der Waals surface area contributed by atoms with Gasteiger partial charge in [0.25, 0.3) is 0 Å². The molecule has 3 aromatic rings. The highest BCUT2D eigenvalue weighted by Gasteiger charge is 2.22. The molecule has 0 saturated carbocycles. The van der Waals surface area contributed by atoms with Crippen molar-refractivity contribution in [3.8, 4) is 0 Å². The molecule has 1 unspecified atom stereocenters. The zero-order chi connectivity index (χ0) is 13.6. The second-order valence-corrected chi connectivity index (χ2v) is 6.63. The molecule has 0 spiro atoms. The number of benzene rings is 1. The van der Waals surface area contributed by atoms with E-state index in [4.69, 9.17) is 33.4 Å². The molecular weight excluding hydrogens is 301 g/mol. The van der Waals surface area contributed by atoms with E-state index in [1.807, 2.05) is 31.2 Å². The molecule has 0 bridgehead atoms. The van der Waals surface area contributed by atoms with E-state index in [0.29, 0.717) is 8.67 Å². The molecule has 1 aromatic carbocycles. The van der Waals surface area contributed by atoms with Crippen molar-refractivity contribution in [1.82, 2.24) is 0 Å². The minimum atomic E-state index is -0.399. The molecule has 0 amide bonds. The van der Waals surface area contributed by atoms with Crippen molar-refractivity contribution in [3.05, 3.63) is 55.9 Å². The van der Waals surface area contributed by atoms with E-state index in [1.165, 1.54) is 11.3 Å². The van der Waals surface area contributed by atoms with Crippen LogP contribution >= 0.6 is 34.5 Å². The Morgan fingerprint density at radius 1 is 1.26 bits per heavy atom. The highest BCUT2D eigenvalue weighted by molar-refractivity contribution is 7.20. The van der Waals surface area contributed by atoms with E-state index in [1.54, 1.807) is 6.07 Å². The SMILES string of the molecule is Cc1c(C(N)c2cc(Cl)sc2Cl)oc2ccccc12. The van der Waals surface area contributed by atoms with Crippen LogP contribution in [0, 0.1) is 6.92 Å². The zero-order valence-corrected chi connectivity index (χ0v) is 12.4. The molecule has 3 rings (SSSR count). The van der Waals surface area contributed by atoms with E-state index in [0.717, 1.165) is 27.9 Å². The van der Waals surface area contributed by atoms with Gasteiger partial charge >= 0.3 is 0 Å². The lowest BCUT2D eigenvalue weighted by atomic mass is 10.0. The van der Waals surface area contributed by atoms with E-state index < -0.39 is 6.04 Å². The summed E-state index contributed by atoms with van der Waals surface area (Å²) in [7, 11) is 0. The second kappa shape index (κ2) is 4.84. The molecule has 2 aromatic heterocycles. The number of thiophene rings is 1. The smallest absolute Gasteiger partial charge is 0.134 e. The third kappa shape index (κ3) is 2.17. The fraction of sp³-hybridized carbons (Fsp3) is 0.143. The van der Waals surface area contributed by atoms with E-state index in [-0.39, 0.29) is 0 Å². The third-order valence-electron chi connectivity index (χ3n) is 3.18. The average Bonchev–Trinajstić information content (AvgIpc) is 2.90. The number of para-hydroxylation sites is 1. The van der Waals surface area contributed by atoms with Gasteiger partial charge < -0.3 is 10.2 Å². The van der Waals surface area contributed by atoms with Gasteiger partial charge in [-0.25, -0.2) is 0 Å². The first kappa shape index (κ1) is 13.0. The first-order chi connectivity index (χ1) is 9.08. The van der Waals surface area contributed by atoms with E-state index in [9.17, 15) is 0 Å². The van der Waals surface area contributed by atoms with Crippen molar-refractivity contribution in [1.29, 1.82) is 0 Å². The lowest BCUT2D eigenvalue weighted by Gasteiger charge is -2.08. The number of hydrogen-bond acceptors (Lipinski definition) is 3. The molecule has 19 heavy (non-hydrogen) atoms. The summed E-state index contributed by atoms with van der Waals surface area (Å²) in [6, 6.07) is 9.27. The summed E-state index contributed by atoms with van der Waals surface area (Å²) in [5.41, 5.74) is 8.95. The van der Waals surface area contributed by atoms with Gasteiger partial charge in [0.2, 0.25) is 0 Å². The van der Waals surface area contributed by atoms with Crippen LogP contribution in [0.1, 0.15) is 22.9 Å². The molecule has 1 atom stereocenters. The van der Waals surface area contributed by atoms with E-state index in [2.05, 4.69) is 0 Å². The Morgan fingerprint density at radius 3 is 2.63 bits per heavy atom. The predicted octanol–water partition coefficient (Wildman–Crippen LogP) is 5.16. The van der Waals surface area contributed by atoms with Crippen molar-refractivity contribution in [2.45, 2.75) is 13.0 Å². The molecule has 5 heteroatoms. The van der Waals surface area contributed by atoms with E-state index >= 15 is 0 Å². The summed E-state index contributed by atoms with van der Waals surface area (Å²) in [6.07, 6.45) is 0. The first-order valence-corrected chi connectivity index (χ1v) is 7.33. The lowest BCUT2D eigenvalue weighted by molar-refractivity contribution is 0.521. The van der Waals surface area contributed by atoms with Crippen molar-refractivity contribution < 1.29 is 4.42 Å². The van der Waals surface area contributed by atoms with Crippen LogP contribution in [0.4, 0.5) is 0 Å². The number of aryl methyl sites for hydroxylation is 1. The van der Waals surface area contributed by atoms with Crippen LogP contribution in [0.3, 0.4) is 0 Å². The van der Waals surface area contributed by atoms with Gasteiger partial charge in [0.1, 0.15) is 11.3 Å². The van der Waals surface area contributed by atoms with Crippen molar-refractivity contribution in [2.75, 3.05) is 0 Å². The van der Waals surface area contributed by atoms with Gasteiger partial charge in [-0.15, -0.1) is 11.3 Å². The Hall–Kier alpha value is -1.00. The summed E-state index contributed by atoms with van der Waals surface area (Å²) >= 11 is 13.4. The first-order valence-electron chi connectivity index (χ1n) is 5.76. The molecule has 2 nitrogen and oxygen atoms in total. The van der Waals surface area contributed by atoms with Gasteiger partial charge in [0.15, 0.2) is 0 Å². The quantitative estimate of drug-likeness (QED) is 0.710. The molecule has 98 valence electrons. The van der Waals surface area contributed by atoms with Crippen LogP contribution in [-0.2, 0) is 0 Å². The van der Waals surface area contributed by atoms with Crippen LogP contribution in [-0.4, -0.2) is 0 Å². The van der Waals surface area contributed by atoms with Crippen LogP contribution in [0.25, 0.3) is 11.0 Å². The third-order valence-corrected chi connectivity index (χ3v) is 4.70. The zero-order valence-electron chi connectivity index (χ0n) is 10.1. The van der Waals surface area contributed by atoms with Gasteiger partial charge in [0, 0.05) is 16.5 Å². The Kier molecular flexibility index (Phi) is 3.31. The van der Waals surface area contributed by atoms with Crippen LogP contribution in [0.15, 0.2) is 34.7 Å². The Bertz CT molecular complexity index is 747.